The van der Waals surface area contributed by atoms with Crippen LogP contribution in [-0.2, 0) is 9.53 Å². The maximum atomic E-state index is 12.2. The lowest BCUT2D eigenvalue weighted by Gasteiger charge is -2.15. The number of carbonyl (C=O) groups is 1. The van der Waals surface area contributed by atoms with Gasteiger partial charge in [0.1, 0.15) is 11.6 Å². The van der Waals surface area contributed by atoms with Gasteiger partial charge in [-0.15, -0.1) is 0 Å². The predicted molar refractivity (Wildman–Crippen MR) is 75.6 cm³/mol. The molecule has 1 aromatic carbocycles. The molecule has 104 valence electrons. The molecule has 0 aliphatic rings. The molecule has 1 N–H and O–H groups in total. The molecule has 0 saturated carbocycles. The monoisotopic (exact) mass is 272 g/mol. The zero-order valence-electron chi connectivity index (χ0n) is 11.4. The number of methoxy groups -OCH3 is 2. The lowest BCUT2D eigenvalue weighted by molar-refractivity contribution is -0.126. The van der Waals surface area contributed by atoms with Gasteiger partial charge in [0.05, 0.1) is 7.11 Å². The highest BCUT2D eigenvalue weighted by molar-refractivity contribution is 5.94. The topological polar surface area (TPSA) is 60.5 Å². The van der Waals surface area contributed by atoms with Gasteiger partial charge in [0.25, 0.3) is 5.91 Å². The Morgan fingerprint density at radius 2 is 1.95 bits per heavy atom. The number of anilines is 1. The van der Waals surface area contributed by atoms with E-state index in [1.807, 2.05) is 30.3 Å². The van der Waals surface area contributed by atoms with Gasteiger partial charge in [-0.1, -0.05) is 30.3 Å². The van der Waals surface area contributed by atoms with Crippen LogP contribution >= 0.6 is 0 Å². The predicted octanol–water partition coefficient (Wildman–Crippen LogP) is 2.42. The van der Waals surface area contributed by atoms with Gasteiger partial charge in [-0.2, -0.15) is 0 Å². The van der Waals surface area contributed by atoms with Crippen molar-refractivity contribution >= 4 is 11.7 Å². The quantitative estimate of drug-likeness (QED) is 0.908. The van der Waals surface area contributed by atoms with E-state index in [2.05, 4.69) is 10.3 Å². The number of hydrogen-bond acceptors (Lipinski definition) is 4. The summed E-state index contributed by atoms with van der Waals surface area (Å²) in [6.07, 6.45) is 0.892. The van der Waals surface area contributed by atoms with Crippen LogP contribution < -0.4 is 10.1 Å². The van der Waals surface area contributed by atoms with Gasteiger partial charge in [0, 0.05) is 19.4 Å². The van der Waals surface area contributed by atoms with Crippen molar-refractivity contribution in [1.29, 1.82) is 0 Å². The minimum Gasteiger partial charge on any atom is -0.497 e. The van der Waals surface area contributed by atoms with Crippen LogP contribution in [0.25, 0.3) is 0 Å². The molecule has 1 aromatic heterocycles. The maximum Gasteiger partial charge on any atom is 0.259 e. The molecule has 2 rings (SSSR count). The Hall–Kier alpha value is -2.40. The van der Waals surface area contributed by atoms with Gasteiger partial charge < -0.3 is 14.8 Å². The Kier molecular flexibility index (Phi) is 4.68. The zero-order valence-corrected chi connectivity index (χ0v) is 11.4. The van der Waals surface area contributed by atoms with Crippen LogP contribution in [0.4, 0.5) is 5.82 Å². The average molecular weight is 272 g/mol. The molecule has 0 aliphatic carbocycles. The van der Waals surface area contributed by atoms with Crippen molar-refractivity contribution in [3.8, 4) is 5.75 Å². The molecule has 1 heterocycles. The third kappa shape index (κ3) is 3.33. The average Bonchev–Trinajstić information content (AvgIpc) is 2.49. The van der Waals surface area contributed by atoms with E-state index in [1.54, 1.807) is 25.4 Å². The van der Waals surface area contributed by atoms with Gasteiger partial charge in [0.15, 0.2) is 6.10 Å². The molecule has 0 radical (unpaired) electrons. The summed E-state index contributed by atoms with van der Waals surface area (Å²) in [5, 5.41) is 2.71. The summed E-state index contributed by atoms with van der Waals surface area (Å²) < 4.78 is 10.3. The van der Waals surface area contributed by atoms with Crippen molar-refractivity contribution in [2.45, 2.75) is 6.10 Å². The third-order valence-corrected chi connectivity index (χ3v) is 2.79. The summed E-state index contributed by atoms with van der Waals surface area (Å²) in [5.74, 6) is 0.774. The van der Waals surface area contributed by atoms with E-state index in [4.69, 9.17) is 9.47 Å². The molecule has 1 amide bonds. The minimum absolute atomic E-state index is 0.278. The second kappa shape index (κ2) is 6.68. The highest BCUT2D eigenvalue weighted by atomic mass is 16.5. The SMILES string of the molecule is COc1ccnc(NC(=O)[C@@H](OC)c2ccccc2)c1. The number of hydrogen-bond donors (Lipinski definition) is 1. The van der Waals surface area contributed by atoms with Crippen LogP contribution in [0, 0.1) is 0 Å². The van der Waals surface area contributed by atoms with E-state index in [1.165, 1.54) is 7.11 Å². The number of pyridine rings is 1. The van der Waals surface area contributed by atoms with Gasteiger partial charge in [-0.05, 0) is 11.6 Å². The molecule has 5 heteroatoms. The van der Waals surface area contributed by atoms with E-state index in [9.17, 15) is 4.79 Å². The van der Waals surface area contributed by atoms with Crippen LogP contribution in [-0.4, -0.2) is 25.1 Å². The van der Waals surface area contributed by atoms with Gasteiger partial charge in [-0.25, -0.2) is 4.98 Å². The zero-order chi connectivity index (χ0) is 14.4. The van der Waals surface area contributed by atoms with Crippen molar-refractivity contribution < 1.29 is 14.3 Å². The molecule has 0 saturated heterocycles. The molecule has 20 heavy (non-hydrogen) atoms. The molecular formula is C15H16N2O3. The first-order valence-corrected chi connectivity index (χ1v) is 6.13. The van der Waals surface area contributed by atoms with Gasteiger partial charge in [0.2, 0.25) is 0 Å². The lowest BCUT2D eigenvalue weighted by atomic mass is 10.1. The molecule has 0 bridgehead atoms. The highest BCUT2D eigenvalue weighted by Crippen LogP contribution is 2.19. The summed E-state index contributed by atoms with van der Waals surface area (Å²) in [6.45, 7) is 0. The first-order chi connectivity index (χ1) is 9.74. The molecule has 0 fully saturated rings. The Morgan fingerprint density at radius 3 is 2.60 bits per heavy atom. The van der Waals surface area contributed by atoms with Gasteiger partial charge >= 0.3 is 0 Å². The summed E-state index contributed by atoms with van der Waals surface area (Å²) in [7, 11) is 3.05. The van der Waals surface area contributed by atoms with Crippen molar-refractivity contribution in [3.05, 3.63) is 54.2 Å². The largest absolute Gasteiger partial charge is 0.497 e. The molecule has 0 aliphatic heterocycles. The number of carbonyl (C=O) groups excluding carboxylic acids is 1. The summed E-state index contributed by atoms with van der Waals surface area (Å²) in [6, 6.07) is 12.6. The summed E-state index contributed by atoms with van der Waals surface area (Å²) >= 11 is 0. The van der Waals surface area contributed by atoms with Crippen LogP contribution in [0.1, 0.15) is 11.7 Å². The second-order valence-corrected chi connectivity index (χ2v) is 4.10. The van der Waals surface area contributed by atoms with Crippen LogP contribution in [0.15, 0.2) is 48.7 Å². The summed E-state index contributed by atoms with van der Waals surface area (Å²) in [5.41, 5.74) is 0.787. The fraction of sp³-hybridized carbons (Fsp3) is 0.200. The van der Waals surface area contributed by atoms with Crippen molar-refractivity contribution in [1.82, 2.24) is 4.98 Å². The number of nitrogens with zero attached hydrogens (tertiary/aromatic N) is 1. The number of benzene rings is 1. The molecule has 1 atom stereocenters. The molecule has 0 unspecified atom stereocenters. The fourth-order valence-electron chi connectivity index (χ4n) is 1.82. The molecule has 0 spiro atoms. The third-order valence-electron chi connectivity index (χ3n) is 2.79. The number of aromatic nitrogens is 1. The van der Waals surface area contributed by atoms with Crippen molar-refractivity contribution in [2.24, 2.45) is 0 Å². The lowest BCUT2D eigenvalue weighted by Crippen LogP contribution is -2.23. The van der Waals surface area contributed by atoms with E-state index < -0.39 is 6.10 Å². The molecular weight excluding hydrogens is 256 g/mol. The standard InChI is InChI=1S/C15H16N2O3/c1-19-12-8-9-16-13(10-12)17-15(18)14(20-2)11-6-4-3-5-7-11/h3-10,14H,1-2H3,(H,16,17,18)/t14-/m0/s1. The summed E-state index contributed by atoms with van der Waals surface area (Å²) in [4.78, 5) is 16.3. The van der Waals surface area contributed by atoms with Gasteiger partial charge in [-0.3, -0.25) is 4.79 Å². The number of rotatable bonds is 5. The van der Waals surface area contributed by atoms with E-state index >= 15 is 0 Å². The second-order valence-electron chi connectivity index (χ2n) is 4.10. The number of amides is 1. The van der Waals surface area contributed by atoms with E-state index in [-0.39, 0.29) is 5.91 Å². The van der Waals surface area contributed by atoms with Crippen LogP contribution in [0.5, 0.6) is 5.75 Å². The Balaban J connectivity index is 2.13. The van der Waals surface area contributed by atoms with Crippen molar-refractivity contribution in [2.75, 3.05) is 19.5 Å². The maximum absolute atomic E-state index is 12.2. The Bertz CT molecular complexity index is 572. The molecule has 2 aromatic rings. The van der Waals surface area contributed by atoms with E-state index in [0.29, 0.717) is 11.6 Å². The molecule has 5 nitrogen and oxygen atoms in total. The Morgan fingerprint density at radius 1 is 1.20 bits per heavy atom. The normalized spacial score (nSPS) is 11.7. The first-order valence-electron chi connectivity index (χ1n) is 6.13. The van der Waals surface area contributed by atoms with Crippen LogP contribution in [0.2, 0.25) is 0 Å². The highest BCUT2D eigenvalue weighted by Gasteiger charge is 2.20. The number of nitrogens with one attached hydrogen (secondary N) is 1. The smallest absolute Gasteiger partial charge is 0.259 e. The Labute approximate surface area is 117 Å². The minimum atomic E-state index is -0.677. The fourth-order valence-corrected chi connectivity index (χ4v) is 1.82. The number of ether oxygens (including phenoxy) is 2. The van der Waals surface area contributed by atoms with Crippen LogP contribution in [0.3, 0.4) is 0 Å². The van der Waals surface area contributed by atoms with Crippen molar-refractivity contribution in [3.63, 3.8) is 0 Å². The first kappa shape index (κ1) is 14.0. The van der Waals surface area contributed by atoms with E-state index in [0.717, 1.165) is 5.56 Å².